The zero-order valence-corrected chi connectivity index (χ0v) is 13.2. The number of halogens is 1. The van der Waals surface area contributed by atoms with E-state index in [2.05, 4.69) is 17.2 Å². The number of carbonyl (C=O) groups excluding carboxylic acids is 1. The summed E-state index contributed by atoms with van der Waals surface area (Å²) in [5.41, 5.74) is 6.86. The minimum Gasteiger partial charge on any atom is -0.392 e. The van der Waals surface area contributed by atoms with Crippen LogP contribution in [-0.4, -0.2) is 28.1 Å². The van der Waals surface area contributed by atoms with Crippen LogP contribution in [0.15, 0.2) is 5.38 Å². The third-order valence-electron chi connectivity index (χ3n) is 3.61. The Bertz CT molecular complexity index is 441. The number of aliphatic hydroxyl groups is 1. The topological polar surface area (TPSA) is 88.2 Å². The molecule has 0 aliphatic heterocycles. The smallest absolute Gasteiger partial charge is 0.223 e. The van der Waals surface area contributed by atoms with E-state index in [1.54, 1.807) is 11.3 Å². The Hall–Kier alpha value is -0.690. The fourth-order valence-corrected chi connectivity index (χ4v) is 3.14. The average Bonchev–Trinajstić information content (AvgIpc) is 2.87. The van der Waals surface area contributed by atoms with Crippen molar-refractivity contribution in [2.24, 2.45) is 11.7 Å². The molecular weight excluding hydrogens is 298 g/mol. The maximum atomic E-state index is 12.0. The van der Waals surface area contributed by atoms with Crippen LogP contribution in [0.1, 0.15) is 36.9 Å². The van der Waals surface area contributed by atoms with Crippen LogP contribution in [0.4, 0.5) is 0 Å². The van der Waals surface area contributed by atoms with Crippen molar-refractivity contribution in [3.05, 3.63) is 16.1 Å². The van der Waals surface area contributed by atoms with Crippen LogP contribution in [0.5, 0.6) is 0 Å². The van der Waals surface area contributed by atoms with Gasteiger partial charge in [0.15, 0.2) is 0 Å². The molecule has 1 amide bonds. The molecule has 0 aromatic carbocycles. The first-order valence-corrected chi connectivity index (χ1v) is 7.62. The zero-order valence-electron chi connectivity index (χ0n) is 11.5. The van der Waals surface area contributed by atoms with Gasteiger partial charge in [-0.05, 0) is 25.7 Å². The Balaban J connectivity index is 0.00000200. The van der Waals surface area contributed by atoms with E-state index < -0.39 is 6.10 Å². The van der Waals surface area contributed by atoms with Gasteiger partial charge >= 0.3 is 0 Å². The number of aryl methyl sites for hydroxylation is 1. The van der Waals surface area contributed by atoms with E-state index in [-0.39, 0.29) is 30.3 Å². The van der Waals surface area contributed by atoms with Crippen LogP contribution in [0.25, 0.3) is 0 Å². The Labute approximate surface area is 129 Å². The predicted molar refractivity (Wildman–Crippen MR) is 81.9 cm³/mol. The molecule has 1 aromatic rings. The number of nitrogens with one attached hydrogen (secondary N) is 1. The number of nitrogens with two attached hydrogens (primary N) is 1. The van der Waals surface area contributed by atoms with Crippen molar-refractivity contribution in [1.29, 1.82) is 0 Å². The fraction of sp³-hybridized carbons (Fsp3) is 0.692. The highest BCUT2D eigenvalue weighted by Crippen LogP contribution is 2.23. The molecule has 0 bridgehead atoms. The summed E-state index contributed by atoms with van der Waals surface area (Å²) >= 11 is 1.57. The lowest BCUT2D eigenvalue weighted by molar-refractivity contribution is -0.127. The highest BCUT2D eigenvalue weighted by Gasteiger charge is 2.30. The molecule has 0 saturated heterocycles. The molecule has 0 radical (unpaired) electrons. The van der Waals surface area contributed by atoms with Crippen LogP contribution in [0.2, 0.25) is 0 Å². The summed E-state index contributed by atoms with van der Waals surface area (Å²) < 4.78 is 0. The minimum absolute atomic E-state index is 0. The van der Waals surface area contributed by atoms with Crippen LogP contribution >= 0.6 is 23.7 Å². The normalized spacial score (nSPS) is 25.9. The van der Waals surface area contributed by atoms with E-state index in [1.165, 1.54) is 0 Å². The molecule has 2 rings (SSSR count). The van der Waals surface area contributed by atoms with E-state index in [4.69, 9.17) is 5.73 Å². The Kier molecular flexibility index (Phi) is 6.88. The van der Waals surface area contributed by atoms with Crippen molar-refractivity contribution in [3.8, 4) is 0 Å². The first-order chi connectivity index (χ1) is 9.10. The van der Waals surface area contributed by atoms with Gasteiger partial charge in [0.05, 0.1) is 18.3 Å². The van der Waals surface area contributed by atoms with Crippen LogP contribution < -0.4 is 11.1 Å². The molecule has 1 aliphatic carbocycles. The number of rotatable bonds is 4. The Morgan fingerprint density at radius 1 is 1.60 bits per heavy atom. The Morgan fingerprint density at radius 2 is 2.35 bits per heavy atom. The minimum atomic E-state index is -0.463. The third-order valence-corrected chi connectivity index (χ3v) is 4.51. The molecule has 4 N–H and O–H groups in total. The van der Waals surface area contributed by atoms with Gasteiger partial charge in [-0.1, -0.05) is 6.92 Å². The monoisotopic (exact) mass is 319 g/mol. The standard InChI is InChI=1S/C13H21N3O2S.ClH/c1-2-9-7-19-12(16-9)6-15-13(18)8-3-4-11(17)10(14)5-8;/h7-8,10-11,17H,2-6,14H2,1H3,(H,15,18);1H/t8-,10+,11+;/m0./s1. The largest absolute Gasteiger partial charge is 0.392 e. The van der Waals surface area contributed by atoms with Crippen LogP contribution in [0, 0.1) is 5.92 Å². The van der Waals surface area contributed by atoms with Crippen molar-refractivity contribution in [1.82, 2.24) is 10.3 Å². The van der Waals surface area contributed by atoms with E-state index in [1.807, 2.05) is 5.38 Å². The average molecular weight is 320 g/mol. The van der Waals surface area contributed by atoms with Gasteiger partial charge in [-0.3, -0.25) is 4.79 Å². The molecule has 20 heavy (non-hydrogen) atoms. The van der Waals surface area contributed by atoms with Crippen LogP contribution in [-0.2, 0) is 17.8 Å². The van der Waals surface area contributed by atoms with Gasteiger partial charge in [-0.25, -0.2) is 4.98 Å². The first kappa shape index (κ1) is 17.4. The summed E-state index contributed by atoms with van der Waals surface area (Å²) in [7, 11) is 0. The van der Waals surface area contributed by atoms with E-state index in [0.29, 0.717) is 25.8 Å². The first-order valence-electron chi connectivity index (χ1n) is 6.74. The molecule has 0 unspecified atom stereocenters. The highest BCUT2D eigenvalue weighted by atomic mass is 35.5. The molecular formula is C13H22ClN3O2S. The molecule has 1 saturated carbocycles. The SMILES string of the molecule is CCc1csc(CNC(=O)[C@H]2CC[C@@H](O)[C@H](N)C2)n1.Cl. The van der Waals surface area contributed by atoms with Gasteiger partial charge in [0, 0.05) is 17.3 Å². The van der Waals surface area contributed by atoms with Crippen molar-refractivity contribution in [2.45, 2.75) is 51.3 Å². The van der Waals surface area contributed by atoms with E-state index in [9.17, 15) is 9.90 Å². The van der Waals surface area contributed by atoms with Crippen molar-refractivity contribution in [3.63, 3.8) is 0 Å². The van der Waals surface area contributed by atoms with Gasteiger partial charge in [-0.15, -0.1) is 23.7 Å². The lowest BCUT2D eigenvalue weighted by Gasteiger charge is -2.29. The maximum absolute atomic E-state index is 12.0. The number of amides is 1. The predicted octanol–water partition coefficient (Wildman–Crippen LogP) is 1.23. The number of aromatic nitrogens is 1. The quantitative estimate of drug-likeness (QED) is 0.779. The summed E-state index contributed by atoms with van der Waals surface area (Å²) in [5.74, 6) is -0.0559. The van der Waals surface area contributed by atoms with E-state index >= 15 is 0 Å². The lowest BCUT2D eigenvalue weighted by Crippen LogP contribution is -2.44. The second-order valence-corrected chi connectivity index (χ2v) is 5.99. The summed E-state index contributed by atoms with van der Waals surface area (Å²) in [6.45, 7) is 2.55. The second-order valence-electron chi connectivity index (χ2n) is 5.05. The van der Waals surface area contributed by atoms with E-state index in [0.717, 1.165) is 17.1 Å². The van der Waals surface area contributed by atoms with Crippen molar-refractivity contribution < 1.29 is 9.90 Å². The number of aliphatic hydroxyl groups excluding tert-OH is 1. The highest BCUT2D eigenvalue weighted by molar-refractivity contribution is 7.09. The molecule has 1 heterocycles. The van der Waals surface area contributed by atoms with Gasteiger partial charge in [0.2, 0.25) is 5.91 Å². The fourth-order valence-electron chi connectivity index (χ4n) is 2.33. The van der Waals surface area contributed by atoms with Crippen molar-refractivity contribution >= 4 is 29.7 Å². The molecule has 5 nitrogen and oxygen atoms in total. The Morgan fingerprint density at radius 3 is 2.95 bits per heavy atom. The van der Waals surface area contributed by atoms with Gasteiger partial charge in [0.25, 0.3) is 0 Å². The number of nitrogens with zero attached hydrogens (tertiary/aromatic N) is 1. The third kappa shape index (κ3) is 4.41. The maximum Gasteiger partial charge on any atom is 0.223 e. The molecule has 1 fully saturated rings. The number of carbonyl (C=O) groups is 1. The molecule has 114 valence electrons. The molecule has 0 spiro atoms. The number of thiazole rings is 1. The molecule has 1 aliphatic rings. The summed E-state index contributed by atoms with van der Waals surface area (Å²) in [5, 5.41) is 15.4. The van der Waals surface area contributed by atoms with Crippen molar-refractivity contribution in [2.75, 3.05) is 0 Å². The van der Waals surface area contributed by atoms with Gasteiger partial charge < -0.3 is 16.2 Å². The van der Waals surface area contributed by atoms with Crippen LogP contribution in [0.3, 0.4) is 0 Å². The van der Waals surface area contributed by atoms with Gasteiger partial charge in [-0.2, -0.15) is 0 Å². The second kappa shape index (κ2) is 7.93. The number of hydrogen-bond donors (Lipinski definition) is 3. The summed E-state index contributed by atoms with van der Waals surface area (Å²) in [4.78, 5) is 16.4. The molecule has 1 aromatic heterocycles. The van der Waals surface area contributed by atoms with Gasteiger partial charge in [0.1, 0.15) is 5.01 Å². The zero-order chi connectivity index (χ0) is 13.8. The summed E-state index contributed by atoms with van der Waals surface area (Å²) in [6.07, 6.45) is 2.33. The molecule has 7 heteroatoms. The molecule has 3 atom stereocenters. The lowest BCUT2D eigenvalue weighted by atomic mass is 9.84. The number of hydrogen-bond acceptors (Lipinski definition) is 5. The summed E-state index contributed by atoms with van der Waals surface area (Å²) in [6, 6.07) is -0.281.